The van der Waals surface area contributed by atoms with Crippen LogP contribution in [0.15, 0.2) is 40.8 Å². The van der Waals surface area contributed by atoms with Crippen LogP contribution >= 0.6 is 22.9 Å². The highest BCUT2D eigenvalue weighted by Gasteiger charge is 2.19. The summed E-state index contributed by atoms with van der Waals surface area (Å²) in [5.74, 6) is -0.0974. The van der Waals surface area contributed by atoms with Gasteiger partial charge in [-0.25, -0.2) is 4.98 Å². The Hall–Kier alpha value is -2.22. The van der Waals surface area contributed by atoms with Crippen molar-refractivity contribution in [2.75, 3.05) is 26.3 Å². The number of amides is 1. The number of hydrogen-bond acceptors (Lipinski definition) is 5. The molecule has 26 heavy (non-hydrogen) atoms. The zero-order chi connectivity index (χ0) is 18.1. The molecule has 3 aromatic rings. The Balaban J connectivity index is 1.70. The van der Waals surface area contributed by atoms with E-state index in [1.165, 1.54) is 22.2 Å². The lowest BCUT2D eigenvalue weighted by Gasteiger charge is -2.27. The molecule has 0 unspecified atom stereocenters. The van der Waals surface area contributed by atoms with Gasteiger partial charge in [0.25, 0.3) is 5.56 Å². The molecule has 2 aromatic heterocycles. The molecule has 0 aliphatic carbocycles. The lowest BCUT2D eigenvalue weighted by atomic mass is 10.1. The standard InChI is InChI=1S/C18H16ClN3O3S/c19-13-3-1-12(2-4-13)17-16-14(10-26-17)20-11-22(18(16)24)9-15(23)21-5-7-25-8-6-21/h1-4,10-11H,5-9H2. The molecule has 6 nitrogen and oxygen atoms in total. The summed E-state index contributed by atoms with van der Waals surface area (Å²) in [6.07, 6.45) is 1.45. The maximum Gasteiger partial charge on any atom is 0.263 e. The average Bonchev–Trinajstić information content (AvgIpc) is 3.10. The van der Waals surface area contributed by atoms with Crippen molar-refractivity contribution in [2.45, 2.75) is 6.54 Å². The Kier molecular flexibility index (Phi) is 4.76. The van der Waals surface area contributed by atoms with Crippen LogP contribution in [0.1, 0.15) is 0 Å². The number of fused-ring (bicyclic) bond motifs is 1. The Morgan fingerprint density at radius 1 is 1.23 bits per heavy atom. The van der Waals surface area contributed by atoms with Gasteiger partial charge in [0.2, 0.25) is 5.91 Å². The first-order chi connectivity index (χ1) is 12.6. The highest BCUT2D eigenvalue weighted by atomic mass is 35.5. The third-order valence-electron chi connectivity index (χ3n) is 4.36. The second-order valence-corrected chi connectivity index (χ2v) is 7.32. The Bertz CT molecular complexity index is 1010. The number of carbonyl (C=O) groups excluding carboxylic acids is 1. The summed E-state index contributed by atoms with van der Waals surface area (Å²) >= 11 is 7.41. The molecule has 1 aromatic carbocycles. The van der Waals surface area contributed by atoms with Crippen LogP contribution in [-0.2, 0) is 16.1 Å². The van der Waals surface area contributed by atoms with Gasteiger partial charge in [-0.3, -0.25) is 14.2 Å². The van der Waals surface area contributed by atoms with Crippen molar-refractivity contribution in [1.82, 2.24) is 14.5 Å². The zero-order valence-corrected chi connectivity index (χ0v) is 15.4. The summed E-state index contributed by atoms with van der Waals surface area (Å²) in [6, 6.07) is 7.34. The number of halogens is 1. The van der Waals surface area contributed by atoms with Crippen molar-refractivity contribution in [3.63, 3.8) is 0 Å². The first kappa shape index (κ1) is 17.2. The number of morpholine rings is 1. The molecule has 0 N–H and O–H groups in total. The normalized spacial score (nSPS) is 14.7. The topological polar surface area (TPSA) is 64.4 Å². The molecule has 8 heteroatoms. The molecule has 0 atom stereocenters. The largest absolute Gasteiger partial charge is 0.378 e. The monoisotopic (exact) mass is 389 g/mol. The Morgan fingerprint density at radius 3 is 2.69 bits per heavy atom. The van der Waals surface area contributed by atoms with Crippen molar-refractivity contribution >= 4 is 39.7 Å². The minimum atomic E-state index is -0.206. The van der Waals surface area contributed by atoms with E-state index in [0.717, 1.165) is 10.4 Å². The molecule has 0 saturated carbocycles. The molecule has 134 valence electrons. The number of thiophene rings is 1. The van der Waals surface area contributed by atoms with E-state index in [9.17, 15) is 9.59 Å². The summed E-state index contributed by atoms with van der Waals surface area (Å²) in [6.45, 7) is 2.15. The third-order valence-corrected chi connectivity index (χ3v) is 5.63. The molecule has 0 spiro atoms. The lowest BCUT2D eigenvalue weighted by molar-refractivity contribution is -0.135. The van der Waals surface area contributed by atoms with Gasteiger partial charge in [-0.05, 0) is 17.7 Å². The molecule has 0 radical (unpaired) electrons. The minimum absolute atomic E-state index is 0.0162. The first-order valence-electron chi connectivity index (χ1n) is 8.21. The SMILES string of the molecule is O=C(Cn1cnc2csc(-c3ccc(Cl)cc3)c2c1=O)N1CCOCC1. The van der Waals surface area contributed by atoms with Crippen molar-refractivity contribution in [3.8, 4) is 10.4 Å². The van der Waals surface area contributed by atoms with Crippen LogP contribution in [0.25, 0.3) is 21.3 Å². The smallest absolute Gasteiger partial charge is 0.263 e. The highest BCUT2D eigenvalue weighted by molar-refractivity contribution is 7.15. The maximum absolute atomic E-state index is 13.0. The van der Waals surface area contributed by atoms with Crippen LogP contribution in [-0.4, -0.2) is 46.7 Å². The quantitative estimate of drug-likeness (QED) is 0.690. The van der Waals surface area contributed by atoms with Crippen LogP contribution in [0.4, 0.5) is 0 Å². The van der Waals surface area contributed by atoms with E-state index >= 15 is 0 Å². The van der Waals surface area contributed by atoms with Crippen LogP contribution in [0.3, 0.4) is 0 Å². The molecule has 1 aliphatic heterocycles. The summed E-state index contributed by atoms with van der Waals surface area (Å²) in [5, 5.41) is 3.03. The van der Waals surface area contributed by atoms with Gasteiger partial charge >= 0.3 is 0 Å². The Labute approximate surface area is 158 Å². The summed E-state index contributed by atoms with van der Waals surface area (Å²) in [7, 11) is 0. The first-order valence-corrected chi connectivity index (χ1v) is 9.47. The number of carbonyl (C=O) groups is 1. The molecule has 4 rings (SSSR count). The summed E-state index contributed by atoms with van der Waals surface area (Å²) in [4.78, 5) is 32.3. The van der Waals surface area contributed by atoms with Gasteiger partial charge in [0.05, 0.1) is 30.4 Å². The van der Waals surface area contributed by atoms with E-state index in [-0.39, 0.29) is 18.0 Å². The maximum atomic E-state index is 13.0. The van der Waals surface area contributed by atoms with Crippen molar-refractivity contribution in [1.29, 1.82) is 0 Å². The second kappa shape index (κ2) is 7.19. The molecule has 1 aliphatic rings. The van der Waals surface area contributed by atoms with E-state index < -0.39 is 0 Å². The van der Waals surface area contributed by atoms with Crippen LogP contribution < -0.4 is 5.56 Å². The number of hydrogen-bond donors (Lipinski definition) is 0. The molecule has 3 heterocycles. The van der Waals surface area contributed by atoms with Gasteiger partial charge in [0.15, 0.2) is 0 Å². The number of rotatable bonds is 3. The van der Waals surface area contributed by atoms with Gasteiger partial charge in [-0.1, -0.05) is 23.7 Å². The predicted molar refractivity (Wildman–Crippen MR) is 102 cm³/mol. The highest BCUT2D eigenvalue weighted by Crippen LogP contribution is 2.32. The van der Waals surface area contributed by atoms with E-state index in [0.29, 0.717) is 42.2 Å². The zero-order valence-electron chi connectivity index (χ0n) is 13.9. The average molecular weight is 390 g/mol. The van der Waals surface area contributed by atoms with Gasteiger partial charge in [0.1, 0.15) is 6.54 Å². The van der Waals surface area contributed by atoms with E-state index in [4.69, 9.17) is 16.3 Å². The summed E-state index contributed by atoms with van der Waals surface area (Å²) in [5.41, 5.74) is 1.34. The van der Waals surface area contributed by atoms with Crippen LogP contribution in [0.2, 0.25) is 5.02 Å². The van der Waals surface area contributed by atoms with E-state index in [1.54, 1.807) is 17.0 Å². The van der Waals surface area contributed by atoms with E-state index in [1.807, 2.05) is 17.5 Å². The van der Waals surface area contributed by atoms with Gasteiger partial charge in [0, 0.05) is 28.4 Å². The fourth-order valence-electron chi connectivity index (χ4n) is 2.96. The molecule has 0 bridgehead atoms. The second-order valence-electron chi connectivity index (χ2n) is 6.00. The fourth-order valence-corrected chi connectivity index (χ4v) is 4.08. The number of aromatic nitrogens is 2. The molecule has 1 saturated heterocycles. The molecular formula is C18H16ClN3O3S. The molecule has 1 fully saturated rings. The lowest BCUT2D eigenvalue weighted by Crippen LogP contribution is -2.43. The van der Waals surface area contributed by atoms with E-state index in [2.05, 4.69) is 4.98 Å². The van der Waals surface area contributed by atoms with Crippen molar-refractivity contribution < 1.29 is 9.53 Å². The van der Waals surface area contributed by atoms with Crippen LogP contribution in [0.5, 0.6) is 0 Å². The number of nitrogens with zero attached hydrogens (tertiary/aromatic N) is 3. The predicted octanol–water partition coefficient (Wildman–Crippen LogP) is 2.64. The van der Waals surface area contributed by atoms with Gasteiger partial charge in [-0.15, -0.1) is 11.3 Å². The van der Waals surface area contributed by atoms with Gasteiger partial charge < -0.3 is 9.64 Å². The number of ether oxygens (including phenoxy) is 1. The minimum Gasteiger partial charge on any atom is -0.378 e. The fraction of sp³-hybridized carbons (Fsp3) is 0.278. The van der Waals surface area contributed by atoms with Crippen molar-refractivity contribution in [3.05, 3.63) is 51.3 Å². The molecular weight excluding hydrogens is 374 g/mol. The van der Waals surface area contributed by atoms with Crippen LogP contribution in [0, 0.1) is 0 Å². The summed E-state index contributed by atoms with van der Waals surface area (Å²) < 4.78 is 6.64. The molecule has 1 amide bonds. The van der Waals surface area contributed by atoms with Gasteiger partial charge in [-0.2, -0.15) is 0 Å². The Morgan fingerprint density at radius 2 is 1.96 bits per heavy atom. The third kappa shape index (κ3) is 3.25. The number of benzene rings is 1. The van der Waals surface area contributed by atoms with Crippen molar-refractivity contribution in [2.24, 2.45) is 0 Å².